The Balaban J connectivity index is 2.32. The van der Waals surface area contributed by atoms with Crippen LogP contribution in [0.5, 0.6) is 0 Å². The van der Waals surface area contributed by atoms with E-state index in [1.54, 1.807) is 0 Å². The van der Waals surface area contributed by atoms with Gasteiger partial charge >= 0.3 is 6.18 Å². The highest BCUT2D eigenvalue weighted by atomic mass is 19.4. The quantitative estimate of drug-likeness (QED) is 0.797. The van der Waals surface area contributed by atoms with Gasteiger partial charge in [-0.05, 0) is 36.2 Å². The van der Waals surface area contributed by atoms with Crippen molar-refractivity contribution < 1.29 is 31.9 Å². The summed E-state index contributed by atoms with van der Waals surface area (Å²) in [7, 11) is 0. The van der Waals surface area contributed by atoms with Crippen LogP contribution in [0.1, 0.15) is 33.9 Å². The molecule has 8 heteroatoms. The average molecular weight is 359 g/mol. The molecule has 25 heavy (non-hydrogen) atoms. The van der Waals surface area contributed by atoms with Gasteiger partial charge in [0.15, 0.2) is 0 Å². The highest BCUT2D eigenvalue weighted by Gasteiger charge is 2.31. The Bertz CT molecular complexity index is 741. The second-order valence-corrected chi connectivity index (χ2v) is 5.26. The van der Waals surface area contributed by atoms with Gasteiger partial charge in [0.1, 0.15) is 17.2 Å². The largest absolute Gasteiger partial charge is 0.416 e. The van der Waals surface area contributed by atoms with Crippen LogP contribution < -0.4 is 5.32 Å². The number of carbonyl (C=O) groups excluding carboxylic acids is 1. The predicted octanol–water partition coefficient (Wildman–Crippen LogP) is 3.84. The van der Waals surface area contributed by atoms with Crippen molar-refractivity contribution in [2.45, 2.75) is 18.6 Å². The zero-order valence-corrected chi connectivity index (χ0v) is 12.8. The molecule has 2 aromatic rings. The first-order chi connectivity index (χ1) is 11.7. The van der Waals surface area contributed by atoms with E-state index < -0.39 is 47.5 Å². The molecule has 1 amide bonds. The molecule has 0 fully saturated rings. The lowest BCUT2D eigenvalue weighted by molar-refractivity contribution is -0.137. The summed E-state index contributed by atoms with van der Waals surface area (Å²) in [5.41, 5.74) is -1.70. The van der Waals surface area contributed by atoms with Gasteiger partial charge in [-0.15, -0.1) is 0 Å². The maximum Gasteiger partial charge on any atom is 0.416 e. The molecule has 0 saturated heterocycles. The summed E-state index contributed by atoms with van der Waals surface area (Å²) in [6.07, 6.45) is -4.70. The molecule has 2 aromatic carbocycles. The smallest absolute Gasteiger partial charge is 0.396 e. The van der Waals surface area contributed by atoms with Gasteiger partial charge in [0.05, 0.1) is 11.6 Å². The second kappa shape index (κ2) is 7.60. The van der Waals surface area contributed by atoms with Crippen LogP contribution in [-0.2, 0) is 6.18 Å². The van der Waals surface area contributed by atoms with Crippen LogP contribution in [0.3, 0.4) is 0 Å². The Kier molecular flexibility index (Phi) is 5.73. The Morgan fingerprint density at radius 1 is 1.08 bits per heavy atom. The minimum Gasteiger partial charge on any atom is -0.396 e. The molecule has 0 aliphatic rings. The van der Waals surface area contributed by atoms with Gasteiger partial charge < -0.3 is 10.4 Å². The molecule has 0 bridgehead atoms. The van der Waals surface area contributed by atoms with Crippen molar-refractivity contribution in [1.29, 1.82) is 0 Å². The molecule has 2 rings (SSSR count). The third-order valence-electron chi connectivity index (χ3n) is 3.53. The van der Waals surface area contributed by atoms with Gasteiger partial charge in [0, 0.05) is 6.61 Å². The number of benzene rings is 2. The number of aliphatic hydroxyl groups excluding tert-OH is 1. The summed E-state index contributed by atoms with van der Waals surface area (Å²) in [5, 5.41) is 11.4. The lowest BCUT2D eigenvalue weighted by atomic mass is 10.0. The molecule has 3 nitrogen and oxygen atoms in total. The highest BCUT2D eigenvalue weighted by Crippen LogP contribution is 2.31. The lowest BCUT2D eigenvalue weighted by Gasteiger charge is -2.20. The van der Waals surface area contributed by atoms with E-state index in [1.807, 2.05) is 0 Å². The molecule has 0 aromatic heterocycles. The van der Waals surface area contributed by atoms with Crippen molar-refractivity contribution in [3.63, 3.8) is 0 Å². The molecule has 0 heterocycles. The van der Waals surface area contributed by atoms with Crippen molar-refractivity contribution in [3.05, 3.63) is 70.8 Å². The maximum absolute atomic E-state index is 13.7. The van der Waals surface area contributed by atoms with Crippen LogP contribution >= 0.6 is 0 Å². The monoisotopic (exact) mass is 359 g/mol. The molecule has 134 valence electrons. The number of alkyl halides is 3. The van der Waals surface area contributed by atoms with Gasteiger partial charge in [0.2, 0.25) is 0 Å². The average Bonchev–Trinajstić information content (AvgIpc) is 2.53. The molecule has 0 saturated carbocycles. The van der Waals surface area contributed by atoms with E-state index >= 15 is 0 Å². The molecule has 1 unspecified atom stereocenters. The van der Waals surface area contributed by atoms with Gasteiger partial charge in [-0.1, -0.05) is 18.2 Å². The predicted molar refractivity (Wildman–Crippen MR) is 79.7 cm³/mol. The van der Waals surface area contributed by atoms with Gasteiger partial charge in [-0.2, -0.15) is 13.2 Å². The molecule has 1 atom stereocenters. The summed E-state index contributed by atoms with van der Waals surface area (Å²) in [4.78, 5) is 12.1. The minimum atomic E-state index is -4.58. The van der Waals surface area contributed by atoms with Crippen molar-refractivity contribution in [3.8, 4) is 0 Å². The summed E-state index contributed by atoms with van der Waals surface area (Å²) in [6, 6.07) is 5.98. The summed E-state index contributed by atoms with van der Waals surface area (Å²) in [6.45, 7) is -0.444. The number of amides is 1. The van der Waals surface area contributed by atoms with E-state index in [-0.39, 0.29) is 12.0 Å². The number of halogens is 5. The van der Waals surface area contributed by atoms with Crippen LogP contribution in [0.2, 0.25) is 0 Å². The Morgan fingerprint density at radius 2 is 1.68 bits per heavy atom. The SMILES string of the molecule is O=C(NC(CCO)c1cccc(C(F)(F)F)c1)c1c(F)cccc1F. The summed E-state index contributed by atoms with van der Waals surface area (Å²) >= 11 is 0. The zero-order chi connectivity index (χ0) is 18.6. The molecular weight excluding hydrogens is 345 g/mol. The topological polar surface area (TPSA) is 49.3 Å². The first-order valence-corrected chi connectivity index (χ1v) is 7.27. The Morgan fingerprint density at radius 3 is 2.24 bits per heavy atom. The lowest BCUT2D eigenvalue weighted by Crippen LogP contribution is -2.31. The number of aliphatic hydroxyl groups is 1. The molecule has 0 aliphatic carbocycles. The van der Waals surface area contributed by atoms with Crippen molar-refractivity contribution in [2.75, 3.05) is 6.61 Å². The third kappa shape index (κ3) is 4.54. The standard InChI is InChI=1S/C17H14F5NO2/c18-12-5-2-6-13(19)15(12)16(25)23-14(7-8-24)10-3-1-4-11(9-10)17(20,21)22/h1-6,9,14,24H,7-8H2,(H,23,25). The number of hydrogen-bond donors (Lipinski definition) is 2. The first kappa shape index (κ1) is 18.9. The number of rotatable bonds is 5. The van der Waals surface area contributed by atoms with E-state index in [2.05, 4.69) is 5.32 Å². The van der Waals surface area contributed by atoms with Crippen LogP contribution in [-0.4, -0.2) is 17.6 Å². The molecular formula is C17H14F5NO2. The van der Waals surface area contributed by atoms with Gasteiger partial charge in [-0.3, -0.25) is 4.79 Å². The number of carbonyl (C=O) groups is 1. The number of hydrogen-bond acceptors (Lipinski definition) is 2. The van der Waals surface area contributed by atoms with E-state index in [0.717, 1.165) is 36.4 Å². The second-order valence-electron chi connectivity index (χ2n) is 5.26. The fourth-order valence-electron chi connectivity index (χ4n) is 2.33. The minimum absolute atomic E-state index is 0.0639. The Labute approximate surface area is 140 Å². The fourth-order valence-corrected chi connectivity index (χ4v) is 2.33. The highest BCUT2D eigenvalue weighted by molar-refractivity contribution is 5.95. The van der Waals surface area contributed by atoms with E-state index in [1.165, 1.54) is 6.07 Å². The van der Waals surface area contributed by atoms with Crippen LogP contribution in [0.25, 0.3) is 0 Å². The van der Waals surface area contributed by atoms with Crippen molar-refractivity contribution >= 4 is 5.91 Å². The number of nitrogens with one attached hydrogen (secondary N) is 1. The van der Waals surface area contributed by atoms with Gasteiger partial charge in [-0.25, -0.2) is 8.78 Å². The van der Waals surface area contributed by atoms with Gasteiger partial charge in [0.25, 0.3) is 5.91 Å². The molecule has 2 N–H and O–H groups in total. The summed E-state index contributed by atoms with van der Waals surface area (Å²) < 4.78 is 65.8. The normalized spacial score (nSPS) is 12.7. The van der Waals surface area contributed by atoms with Crippen molar-refractivity contribution in [2.24, 2.45) is 0 Å². The fraction of sp³-hybridized carbons (Fsp3) is 0.235. The third-order valence-corrected chi connectivity index (χ3v) is 3.53. The zero-order valence-electron chi connectivity index (χ0n) is 12.8. The molecule has 0 radical (unpaired) electrons. The van der Waals surface area contributed by atoms with Crippen LogP contribution in [0, 0.1) is 11.6 Å². The van der Waals surface area contributed by atoms with E-state index in [9.17, 15) is 26.7 Å². The van der Waals surface area contributed by atoms with Crippen LogP contribution in [0.4, 0.5) is 22.0 Å². The molecule has 0 aliphatic heterocycles. The summed E-state index contributed by atoms with van der Waals surface area (Å²) in [5.74, 6) is -3.31. The Hall–Kier alpha value is -2.48. The maximum atomic E-state index is 13.7. The van der Waals surface area contributed by atoms with Crippen LogP contribution in [0.15, 0.2) is 42.5 Å². The van der Waals surface area contributed by atoms with E-state index in [0.29, 0.717) is 0 Å². The van der Waals surface area contributed by atoms with Crippen molar-refractivity contribution in [1.82, 2.24) is 5.32 Å². The first-order valence-electron chi connectivity index (χ1n) is 7.27. The molecule has 0 spiro atoms. The van der Waals surface area contributed by atoms with E-state index in [4.69, 9.17) is 5.11 Å².